The second kappa shape index (κ2) is 12.8. The molecule has 1 fully saturated rings. The van der Waals surface area contributed by atoms with Crippen LogP contribution < -0.4 is 5.73 Å². The van der Waals surface area contributed by atoms with Gasteiger partial charge in [-0.25, -0.2) is 0 Å². The minimum absolute atomic E-state index is 0.0344. The number of piperidine rings is 1. The molecule has 1 amide bonds. The van der Waals surface area contributed by atoms with E-state index in [1.165, 1.54) is 11.1 Å². The molecule has 0 saturated carbocycles. The van der Waals surface area contributed by atoms with E-state index in [0.29, 0.717) is 17.2 Å². The topological polar surface area (TPSA) is 85.7 Å². The third kappa shape index (κ3) is 7.28. The van der Waals surface area contributed by atoms with Gasteiger partial charge in [-0.2, -0.15) is 5.26 Å². The molecule has 0 atom stereocenters. The second-order valence-corrected chi connectivity index (χ2v) is 9.79. The maximum Gasteiger partial charge on any atom is 0.253 e. The number of hydrogen-bond acceptors (Lipinski definition) is 5. The fourth-order valence-corrected chi connectivity index (χ4v) is 4.71. The number of carbonyl (C=O) groups is 1. The molecular weight excluding hydrogens is 458 g/mol. The molecule has 0 aromatic heterocycles. The van der Waals surface area contributed by atoms with Gasteiger partial charge < -0.3 is 10.6 Å². The summed E-state index contributed by atoms with van der Waals surface area (Å²) in [5, 5.41) is 9.38. The quantitative estimate of drug-likeness (QED) is 0.306. The summed E-state index contributed by atoms with van der Waals surface area (Å²) in [6.45, 7) is 9.37. The summed E-state index contributed by atoms with van der Waals surface area (Å²) >= 11 is 0. The lowest BCUT2D eigenvalue weighted by Crippen LogP contribution is -2.34. The largest absolute Gasteiger partial charge is 0.398 e. The summed E-state index contributed by atoms with van der Waals surface area (Å²) in [5.74, 6) is 0.550. The Morgan fingerprint density at radius 1 is 1.19 bits per heavy atom. The molecule has 37 heavy (non-hydrogen) atoms. The third-order valence-corrected chi connectivity index (χ3v) is 6.74. The van der Waals surface area contributed by atoms with Crippen LogP contribution in [0.25, 0.3) is 5.57 Å². The SMILES string of the molecule is C=C(/C=C(\C)CN1CCC(c2ccc(C(=O)N(C)C)cc2)CC1)/C(=C\C=NC)c1ccc(N)c(C#N)c1. The summed E-state index contributed by atoms with van der Waals surface area (Å²) in [4.78, 5) is 20.3. The van der Waals surface area contributed by atoms with Crippen molar-refractivity contribution in [2.75, 3.05) is 46.5 Å². The maximum atomic E-state index is 12.2. The van der Waals surface area contributed by atoms with Crippen LogP contribution in [0.15, 0.2) is 77.3 Å². The Balaban J connectivity index is 1.63. The van der Waals surface area contributed by atoms with Crippen LogP contribution in [0, 0.1) is 11.3 Å². The Labute approximate surface area is 221 Å². The number of nitrogens with two attached hydrogens (primary N) is 1. The number of nitriles is 1. The van der Waals surface area contributed by atoms with Crippen LogP contribution in [-0.4, -0.2) is 62.7 Å². The number of nitrogens with zero attached hydrogens (tertiary/aromatic N) is 4. The lowest BCUT2D eigenvalue weighted by atomic mass is 9.88. The fourth-order valence-electron chi connectivity index (χ4n) is 4.71. The van der Waals surface area contributed by atoms with Gasteiger partial charge in [0.05, 0.1) is 5.56 Å². The van der Waals surface area contributed by atoms with E-state index in [-0.39, 0.29) is 5.91 Å². The van der Waals surface area contributed by atoms with Crippen molar-refractivity contribution < 1.29 is 4.79 Å². The van der Waals surface area contributed by atoms with E-state index in [4.69, 9.17) is 5.73 Å². The van der Waals surface area contributed by atoms with Crippen LogP contribution in [0.2, 0.25) is 0 Å². The molecule has 1 aliphatic rings. The standard InChI is InChI=1S/C31H37N5O/c1-22(18-23(2)29(12-15-34-3)27-10-11-30(33)28(19-27)20-32)21-36-16-13-25(14-17-36)24-6-8-26(9-7-24)31(37)35(4)5/h6-12,15,18-19,25H,2,13-14,16-17,21,33H2,1,3-5H3/b22-18+,29-12+,34-15?. The van der Waals surface area contributed by atoms with Crippen molar-refractivity contribution in [1.29, 1.82) is 5.26 Å². The van der Waals surface area contributed by atoms with Gasteiger partial charge in [-0.3, -0.25) is 14.7 Å². The highest BCUT2D eigenvalue weighted by molar-refractivity contribution is 5.94. The highest BCUT2D eigenvalue weighted by Gasteiger charge is 2.21. The number of benzene rings is 2. The monoisotopic (exact) mass is 495 g/mol. The van der Waals surface area contributed by atoms with Crippen molar-refractivity contribution >= 4 is 23.4 Å². The van der Waals surface area contributed by atoms with Crippen molar-refractivity contribution in [2.24, 2.45) is 4.99 Å². The van der Waals surface area contributed by atoms with Gasteiger partial charge in [-0.15, -0.1) is 0 Å². The lowest BCUT2D eigenvalue weighted by molar-refractivity contribution is 0.0827. The smallest absolute Gasteiger partial charge is 0.253 e. The normalized spacial score (nSPS) is 15.5. The zero-order valence-electron chi connectivity index (χ0n) is 22.4. The molecule has 1 aliphatic heterocycles. The number of carbonyl (C=O) groups excluding carboxylic acids is 1. The van der Waals surface area contributed by atoms with Crippen molar-refractivity contribution in [3.63, 3.8) is 0 Å². The van der Waals surface area contributed by atoms with E-state index in [2.05, 4.69) is 47.7 Å². The molecule has 2 aromatic rings. The average Bonchev–Trinajstić information content (AvgIpc) is 2.89. The number of aliphatic imine (C=N–C) groups is 1. The number of amides is 1. The van der Waals surface area contributed by atoms with Crippen LogP contribution in [0.3, 0.4) is 0 Å². The van der Waals surface area contributed by atoms with Crippen molar-refractivity contribution in [1.82, 2.24) is 9.80 Å². The number of likely N-dealkylation sites (tertiary alicyclic amines) is 1. The summed E-state index contributed by atoms with van der Waals surface area (Å²) in [6.07, 6.45) is 7.96. The Morgan fingerprint density at radius 2 is 1.84 bits per heavy atom. The molecule has 3 rings (SSSR count). The van der Waals surface area contributed by atoms with Gasteiger partial charge in [0.2, 0.25) is 0 Å². The van der Waals surface area contributed by atoms with E-state index >= 15 is 0 Å². The van der Waals surface area contributed by atoms with E-state index in [9.17, 15) is 10.1 Å². The first-order valence-electron chi connectivity index (χ1n) is 12.6. The van der Waals surface area contributed by atoms with Crippen molar-refractivity contribution in [2.45, 2.75) is 25.7 Å². The van der Waals surface area contributed by atoms with E-state index in [0.717, 1.165) is 54.7 Å². The maximum absolute atomic E-state index is 12.2. The lowest BCUT2D eigenvalue weighted by Gasteiger charge is -2.32. The van der Waals surface area contributed by atoms with Gasteiger partial charge in [-0.05, 0) is 91.4 Å². The molecule has 6 nitrogen and oxygen atoms in total. The molecule has 192 valence electrons. The van der Waals surface area contributed by atoms with Gasteiger partial charge in [-0.1, -0.05) is 36.4 Å². The minimum atomic E-state index is 0.0344. The van der Waals surface area contributed by atoms with Crippen LogP contribution in [0.1, 0.15) is 52.7 Å². The Morgan fingerprint density at radius 3 is 2.43 bits per heavy atom. The van der Waals surface area contributed by atoms with E-state index in [1.807, 2.05) is 24.3 Å². The number of anilines is 1. The molecule has 1 saturated heterocycles. The minimum Gasteiger partial charge on any atom is -0.398 e. The highest BCUT2D eigenvalue weighted by Crippen LogP contribution is 2.30. The van der Waals surface area contributed by atoms with Crippen molar-refractivity contribution in [3.05, 3.63) is 94.6 Å². The summed E-state index contributed by atoms with van der Waals surface area (Å²) < 4.78 is 0. The van der Waals surface area contributed by atoms with Crippen molar-refractivity contribution in [3.8, 4) is 6.07 Å². The first-order chi connectivity index (χ1) is 17.7. The van der Waals surface area contributed by atoms with Crippen LogP contribution >= 0.6 is 0 Å². The molecule has 2 aromatic carbocycles. The first kappa shape index (κ1) is 27.6. The summed E-state index contributed by atoms with van der Waals surface area (Å²) in [7, 11) is 5.27. The van der Waals surface area contributed by atoms with Gasteiger partial charge in [0.25, 0.3) is 5.91 Å². The molecule has 1 heterocycles. The van der Waals surface area contributed by atoms with Gasteiger partial charge in [0, 0.05) is 45.2 Å². The number of hydrogen-bond donors (Lipinski definition) is 1. The Bertz CT molecular complexity index is 1250. The number of allylic oxidation sites excluding steroid dienone is 4. The first-order valence-corrected chi connectivity index (χ1v) is 12.6. The third-order valence-electron chi connectivity index (χ3n) is 6.74. The molecule has 6 heteroatoms. The Kier molecular flexibility index (Phi) is 9.59. The summed E-state index contributed by atoms with van der Waals surface area (Å²) in [6, 6.07) is 15.7. The predicted molar refractivity (Wildman–Crippen MR) is 154 cm³/mol. The van der Waals surface area contributed by atoms with Crippen LogP contribution in [0.4, 0.5) is 5.69 Å². The van der Waals surface area contributed by atoms with Gasteiger partial charge in [0.15, 0.2) is 0 Å². The fraction of sp³-hybridized carbons (Fsp3) is 0.323. The molecule has 0 bridgehead atoms. The average molecular weight is 496 g/mol. The van der Waals surface area contributed by atoms with E-state index in [1.54, 1.807) is 44.4 Å². The van der Waals surface area contributed by atoms with Gasteiger partial charge in [0.1, 0.15) is 6.07 Å². The number of nitrogen functional groups attached to an aromatic ring is 1. The predicted octanol–water partition coefficient (Wildman–Crippen LogP) is 5.31. The molecule has 2 N–H and O–H groups in total. The Hall–Kier alpha value is -3.95. The highest BCUT2D eigenvalue weighted by atomic mass is 16.2. The molecule has 0 aliphatic carbocycles. The van der Waals surface area contributed by atoms with Crippen LogP contribution in [-0.2, 0) is 0 Å². The molecule has 0 radical (unpaired) electrons. The summed E-state index contributed by atoms with van der Waals surface area (Å²) in [5.41, 5.74) is 12.8. The zero-order chi connectivity index (χ0) is 26.9. The van der Waals surface area contributed by atoms with E-state index < -0.39 is 0 Å². The second-order valence-electron chi connectivity index (χ2n) is 9.79. The van der Waals surface area contributed by atoms with Crippen LogP contribution in [0.5, 0.6) is 0 Å². The molecular formula is C31H37N5O. The van der Waals surface area contributed by atoms with Gasteiger partial charge >= 0.3 is 0 Å². The number of rotatable bonds is 8. The zero-order valence-corrected chi connectivity index (χ0v) is 22.4. The molecule has 0 spiro atoms. The molecule has 0 unspecified atom stereocenters.